The maximum Gasteiger partial charge on any atom is 0.158 e. The maximum absolute atomic E-state index is 13.3. The van der Waals surface area contributed by atoms with Gasteiger partial charge in [-0.1, -0.05) is 85.0 Å². The van der Waals surface area contributed by atoms with E-state index in [0.717, 1.165) is 25.7 Å². The molecule has 7 aromatic rings. The Kier molecular flexibility index (Phi) is 3.68. The van der Waals surface area contributed by atoms with Crippen molar-refractivity contribution in [2.24, 2.45) is 23.2 Å². The molecule has 1 saturated carbocycles. The quantitative estimate of drug-likeness (QED) is 0.134. The van der Waals surface area contributed by atoms with Gasteiger partial charge in [-0.25, -0.2) is 0 Å². The molecule has 0 amide bonds. The fourth-order valence-electron chi connectivity index (χ4n) is 21.4. The lowest BCUT2D eigenvalue weighted by Crippen LogP contribution is -2.39. The van der Waals surface area contributed by atoms with Gasteiger partial charge in [-0.2, -0.15) is 0 Å². The second-order valence-electron chi connectivity index (χ2n) is 22.8. The highest BCUT2D eigenvalue weighted by molar-refractivity contribution is 6.47. The van der Waals surface area contributed by atoms with Crippen LogP contribution < -0.4 is 0 Å². The van der Waals surface area contributed by atoms with Crippen LogP contribution in [0.25, 0.3) is 76.2 Å². The number of benzene rings is 7. The molecule has 2 spiro atoms. The Morgan fingerprint density at radius 3 is 2.44 bits per heavy atom. The minimum Gasteiger partial charge on any atom is -0.389 e. The van der Waals surface area contributed by atoms with Crippen LogP contribution in [0.2, 0.25) is 0 Å². The van der Waals surface area contributed by atoms with Gasteiger partial charge < -0.3 is 5.11 Å². The van der Waals surface area contributed by atoms with Gasteiger partial charge in [0.25, 0.3) is 0 Å². The number of aliphatic hydroxyl groups is 1. The molecular weight excluding hydrogens is 765 g/mol. The van der Waals surface area contributed by atoms with Gasteiger partial charge in [-0.3, -0.25) is 4.79 Å². The molecular formula is C61H34O2. The van der Waals surface area contributed by atoms with Crippen LogP contribution in [0.1, 0.15) is 127 Å². The first kappa shape index (κ1) is 29.3. The molecule has 2 nitrogen and oxygen atoms in total. The van der Waals surface area contributed by atoms with E-state index in [0.29, 0.717) is 47.8 Å². The molecule has 290 valence electrons. The van der Waals surface area contributed by atoms with Gasteiger partial charge in [0.15, 0.2) is 5.78 Å². The van der Waals surface area contributed by atoms with Crippen molar-refractivity contribution in [3.05, 3.63) is 174 Å². The molecule has 10 atom stereocenters. The third kappa shape index (κ3) is 2.12. The van der Waals surface area contributed by atoms with Crippen LogP contribution in [0.5, 0.6) is 0 Å². The van der Waals surface area contributed by atoms with Crippen molar-refractivity contribution in [3.63, 3.8) is 0 Å². The van der Waals surface area contributed by atoms with Gasteiger partial charge in [0, 0.05) is 58.2 Å². The summed E-state index contributed by atoms with van der Waals surface area (Å²) in [7, 11) is 0. The average molecular weight is 799 g/mol. The molecule has 0 radical (unpaired) electrons. The Bertz CT molecular complexity index is 4210. The zero-order chi connectivity index (χ0) is 39.6. The van der Waals surface area contributed by atoms with Crippen LogP contribution in [0, 0.1) is 23.2 Å². The van der Waals surface area contributed by atoms with Gasteiger partial charge in [-0.15, -0.1) is 0 Å². The van der Waals surface area contributed by atoms with E-state index >= 15 is 0 Å². The summed E-state index contributed by atoms with van der Waals surface area (Å²) in [5.41, 5.74) is 32.2. The smallest absolute Gasteiger partial charge is 0.158 e. The zero-order valence-electron chi connectivity index (χ0n) is 34.2. The second kappa shape index (κ2) is 7.92. The molecule has 10 unspecified atom stereocenters. The molecule has 0 aliphatic heterocycles. The van der Waals surface area contributed by atoms with Crippen LogP contribution in [0.15, 0.2) is 96.2 Å². The lowest BCUT2D eigenvalue weighted by Gasteiger charge is -2.46. The number of Topliss-reactive ketones (excluding diaryl/α,β-unsaturated/α-hetero) is 1. The maximum atomic E-state index is 13.3. The lowest BCUT2D eigenvalue weighted by molar-refractivity contribution is -0.121. The van der Waals surface area contributed by atoms with E-state index in [9.17, 15) is 9.90 Å². The Labute approximate surface area is 360 Å². The summed E-state index contributed by atoms with van der Waals surface area (Å²) in [6.07, 6.45) is 25.9. The molecule has 7 aromatic carbocycles. The van der Waals surface area contributed by atoms with E-state index in [-0.39, 0.29) is 28.6 Å². The van der Waals surface area contributed by atoms with Crippen molar-refractivity contribution in [1.29, 1.82) is 0 Å². The van der Waals surface area contributed by atoms with Crippen LogP contribution in [-0.4, -0.2) is 17.5 Å². The minimum absolute atomic E-state index is 0.0200. The van der Waals surface area contributed by atoms with Crippen LogP contribution >= 0.6 is 0 Å². The van der Waals surface area contributed by atoms with Gasteiger partial charge in [0.2, 0.25) is 0 Å². The number of carbonyl (C=O) groups excluding carboxylic acids is 1. The molecule has 0 heterocycles. The standard InChI is InChI=1S/C61H34O2/c62-20-27(63)7-4-14-59(26-5-2-1-3-6-26)60-55-32-13-12-29-28-10-11-30-33-19-25-18-23-17-24-16-22-15-21-8-9-31(32)56(60)50-34(21)35(22)44-38(24)43-36(23)37(25)45-41(33)46-39(30)40(28)51(42(29)55)57-52(46)54-49(45)47(43)48(44)53(50)58(54)61(57,59)60/h1-3,5-6,8-13,16-17,19,21,24,30,32,38,42,55,62H,4,7,14-15,18,20H2. The van der Waals surface area contributed by atoms with Gasteiger partial charge in [-0.05, 0) is 197 Å². The number of allylic oxidation sites excluding steroid dienone is 14. The molecule has 15 aliphatic rings. The summed E-state index contributed by atoms with van der Waals surface area (Å²) in [6.45, 7) is -0.366. The SMILES string of the molecule is O=C(CO)CCCC1(c2ccccc2)C23c4c5c6c7c8c4c4c2c2c9c%10c%11c%12c2c2c%13c%14c%15c%16cc(c8c%15c24)C7C=CC6=C2C=CC4C(=C9C13C4C25)C=CC%10CC%11=CC(C=C%14C%16)C%12%13. The number of carbonyl (C=O) groups is 1. The van der Waals surface area contributed by atoms with E-state index in [1.165, 1.54) is 11.1 Å². The number of fused-ring (bicyclic) bond motifs is 2. The number of hydrogen-bond donors (Lipinski definition) is 1. The first-order valence-electron chi connectivity index (χ1n) is 24.2. The normalized spacial score (nSPS) is 36.1. The van der Waals surface area contributed by atoms with E-state index in [4.69, 9.17) is 0 Å². The van der Waals surface area contributed by atoms with Crippen molar-refractivity contribution in [3.8, 4) is 0 Å². The molecule has 0 saturated heterocycles. The van der Waals surface area contributed by atoms with Crippen molar-refractivity contribution in [1.82, 2.24) is 0 Å². The topological polar surface area (TPSA) is 37.3 Å². The molecule has 0 bridgehead atoms. The number of aliphatic hydroxyl groups excluding tert-OH is 1. The van der Waals surface area contributed by atoms with E-state index in [2.05, 4.69) is 85.0 Å². The van der Waals surface area contributed by atoms with E-state index in [1.807, 2.05) is 0 Å². The van der Waals surface area contributed by atoms with Crippen molar-refractivity contribution >= 4 is 81.9 Å². The van der Waals surface area contributed by atoms with E-state index in [1.54, 1.807) is 154 Å². The van der Waals surface area contributed by atoms with Crippen LogP contribution in [-0.2, 0) is 22.0 Å². The first-order chi connectivity index (χ1) is 31.2. The molecule has 2 heteroatoms. The zero-order valence-corrected chi connectivity index (χ0v) is 34.2. The number of ketones is 1. The molecule has 63 heavy (non-hydrogen) atoms. The summed E-state index contributed by atoms with van der Waals surface area (Å²) in [4.78, 5) is 13.3. The number of rotatable bonds is 6. The fourth-order valence-corrected chi connectivity index (χ4v) is 21.4. The molecule has 0 aromatic heterocycles. The predicted octanol–water partition coefficient (Wildman–Crippen LogP) is 12.1. The van der Waals surface area contributed by atoms with Crippen LogP contribution in [0.3, 0.4) is 0 Å². The summed E-state index contributed by atoms with van der Waals surface area (Å²) < 4.78 is 0. The lowest BCUT2D eigenvalue weighted by atomic mass is 9.55. The molecule has 15 aliphatic carbocycles. The number of hydrogen-bond acceptors (Lipinski definition) is 2. The van der Waals surface area contributed by atoms with Gasteiger partial charge in [0.1, 0.15) is 6.61 Å². The Morgan fingerprint density at radius 1 is 0.698 bits per heavy atom. The second-order valence-corrected chi connectivity index (χ2v) is 22.8. The Balaban J connectivity index is 1.11. The third-order valence-electron chi connectivity index (χ3n) is 21.9. The summed E-state index contributed by atoms with van der Waals surface area (Å²) >= 11 is 0. The highest BCUT2D eigenvalue weighted by atomic mass is 16.3. The van der Waals surface area contributed by atoms with Gasteiger partial charge in [0.05, 0.1) is 0 Å². The summed E-state index contributed by atoms with van der Waals surface area (Å²) in [6, 6.07) is 14.7. The van der Waals surface area contributed by atoms with Crippen LogP contribution in [0.4, 0.5) is 0 Å². The summed E-state index contributed by atoms with van der Waals surface area (Å²) in [5.74, 6) is 2.53. The monoisotopic (exact) mass is 798 g/mol. The van der Waals surface area contributed by atoms with Crippen molar-refractivity contribution in [2.75, 3.05) is 6.61 Å². The highest BCUT2D eigenvalue weighted by Crippen LogP contribution is 3.00. The summed E-state index contributed by atoms with van der Waals surface area (Å²) in [5, 5.41) is 26.6. The molecule has 1 fully saturated rings. The highest BCUT2D eigenvalue weighted by Gasteiger charge is 2.97. The Hall–Kier alpha value is -6.09. The molecule has 1 N–H and O–H groups in total. The molecule has 22 rings (SSSR count). The average Bonchev–Trinajstić information content (AvgIpc) is 4.04. The van der Waals surface area contributed by atoms with Crippen molar-refractivity contribution < 1.29 is 9.90 Å². The largest absolute Gasteiger partial charge is 0.389 e. The third-order valence-corrected chi connectivity index (χ3v) is 21.9. The van der Waals surface area contributed by atoms with Crippen molar-refractivity contribution in [2.45, 2.75) is 66.6 Å². The van der Waals surface area contributed by atoms with Gasteiger partial charge >= 0.3 is 0 Å². The fraction of sp³-hybridized carbons (Fsp3) is 0.262. The minimum atomic E-state index is -0.366. The Morgan fingerprint density at radius 2 is 1.52 bits per heavy atom. The first-order valence-corrected chi connectivity index (χ1v) is 24.2. The van der Waals surface area contributed by atoms with E-state index < -0.39 is 0 Å². The predicted molar refractivity (Wildman–Crippen MR) is 248 cm³/mol.